The number of hydrogen-bond donors (Lipinski definition) is 1. The molecule has 6 heteroatoms. The van der Waals surface area contributed by atoms with E-state index in [2.05, 4.69) is 20.1 Å². The Balaban J connectivity index is 2.32. The first-order chi connectivity index (χ1) is 7.34. The van der Waals surface area contributed by atoms with Gasteiger partial charge in [0, 0.05) is 18.0 Å². The van der Waals surface area contributed by atoms with Gasteiger partial charge in [0.25, 0.3) is 0 Å². The van der Waals surface area contributed by atoms with Crippen LogP contribution in [0.3, 0.4) is 0 Å². The number of pyridine rings is 1. The zero-order valence-electron chi connectivity index (χ0n) is 7.83. The zero-order valence-corrected chi connectivity index (χ0v) is 7.83. The summed E-state index contributed by atoms with van der Waals surface area (Å²) in [5.41, 5.74) is 7.38. The Labute approximate surface area is 85.5 Å². The second-order valence-electron chi connectivity index (χ2n) is 3.20. The fourth-order valence-corrected chi connectivity index (χ4v) is 1.57. The molecule has 1 aliphatic rings. The van der Waals surface area contributed by atoms with Crippen molar-refractivity contribution < 1.29 is 0 Å². The third-order valence-corrected chi connectivity index (χ3v) is 2.21. The van der Waals surface area contributed by atoms with Crippen LogP contribution in [0.5, 0.6) is 0 Å². The summed E-state index contributed by atoms with van der Waals surface area (Å²) in [6, 6.07) is 1.88. The maximum atomic E-state index is 5.55. The lowest BCUT2D eigenvalue weighted by atomic mass is 10.2. The summed E-state index contributed by atoms with van der Waals surface area (Å²) in [6.45, 7) is 0.485. The van der Waals surface area contributed by atoms with E-state index in [1.807, 2.05) is 6.07 Å². The molecule has 6 nitrogen and oxygen atoms in total. The highest BCUT2D eigenvalue weighted by molar-refractivity contribution is 5.84. The van der Waals surface area contributed by atoms with Gasteiger partial charge in [0.1, 0.15) is 0 Å². The van der Waals surface area contributed by atoms with Crippen molar-refractivity contribution in [2.45, 2.75) is 6.54 Å². The fraction of sp³-hybridized carbons (Fsp3) is 0.111. The third kappa shape index (κ3) is 1.18. The summed E-state index contributed by atoms with van der Waals surface area (Å²) in [6.07, 6.45) is 5.24. The molecule has 0 fully saturated rings. The average Bonchev–Trinajstić information content (AvgIpc) is 2.52. The number of anilines is 1. The molecule has 74 valence electrons. The van der Waals surface area contributed by atoms with Crippen LogP contribution in [0.1, 0.15) is 11.4 Å². The van der Waals surface area contributed by atoms with Gasteiger partial charge in [-0.15, -0.1) is 5.10 Å². The third-order valence-electron chi connectivity index (χ3n) is 2.21. The van der Waals surface area contributed by atoms with E-state index >= 15 is 0 Å². The quantitative estimate of drug-likeness (QED) is 0.657. The molecule has 0 aromatic carbocycles. The predicted octanol–water partition coefficient (Wildman–Crippen LogP) is 0.177. The van der Waals surface area contributed by atoms with Crippen LogP contribution in [0, 0.1) is 0 Å². The Morgan fingerprint density at radius 2 is 2.33 bits per heavy atom. The second kappa shape index (κ2) is 2.88. The van der Waals surface area contributed by atoms with Gasteiger partial charge in [-0.1, -0.05) is 0 Å². The number of nitrogens with zero attached hydrogens (tertiary/aromatic N) is 5. The summed E-state index contributed by atoms with van der Waals surface area (Å²) in [5, 5.41) is 4.12. The van der Waals surface area contributed by atoms with Gasteiger partial charge in [-0.05, 0) is 6.07 Å². The number of rotatable bonds is 0. The van der Waals surface area contributed by atoms with E-state index in [1.165, 1.54) is 0 Å². The topological polar surface area (TPSA) is 82.0 Å². The number of nitrogens with two attached hydrogens (primary N) is 1. The molecule has 0 saturated heterocycles. The van der Waals surface area contributed by atoms with Crippen molar-refractivity contribution in [2.24, 2.45) is 4.99 Å². The molecule has 0 atom stereocenters. The highest BCUT2D eigenvalue weighted by atomic mass is 15.4. The summed E-state index contributed by atoms with van der Waals surface area (Å²) >= 11 is 0. The smallest absolute Gasteiger partial charge is 0.240 e. The van der Waals surface area contributed by atoms with Gasteiger partial charge in [0.05, 0.1) is 18.4 Å². The standard InChI is InChI=1S/C9H8N6/c10-9-13-8-5-12-3-6-1-2-11-4-7(6)15(8)14-9/h1-4H,5H2,(H2,10,14). The molecular weight excluding hydrogens is 192 g/mol. The first kappa shape index (κ1) is 8.10. The van der Waals surface area contributed by atoms with Crippen molar-refractivity contribution in [3.63, 3.8) is 0 Å². The molecule has 0 spiro atoms. The van der Waals surface area contributed by atoms with Crippen LogP contribution >= 0.6 is 0 Å². The minimum Gasteiger partial charge on any atom is -0.366 e. The van der Waals surface area contributed by atoms with Crippen LogP contribution < -0.4 is 5.73 Å². The van der Waals surface area contributed by atoms with Crippen LogP contribution in [-0.4, -0.2) is 26.0 Å². The maximum absolute atomic E-state index is 5.55. The SMILES string of the molecule is Nc1nc2n(n1)-c1cnccc1C=NC2. The van der Waals surface area contributed by atoms with Crippen LogP contribution in [0.4, 0.5) is 5.95 Å². The molecule has 2 N–H and O–H groups in total. The van der Waals surface area contributed by atoms with E-state index in [-0.39, 0.29) is 5.95 Å². The van der Waals surface area contributed by atoms with Crippen molar-refractivity contribution in [1.82, 2.24) is 19.7 Å². The Hall–Kier alpha value is -2.24. The average molecular weight is 200 g/mol. The Kier molecular flexibility index (Phi) is 1.55. The number of fused-ring (bicyclic) bond motifs is 3. The van der Waals surface area contributed by atoms with Crippen molar-refractivity contribution >= 4 is 12.2 Å². The molecule has 15 heavy (non-hydrogen) atoms. The van der Waals surface area contributed by atoms with Gasteiger partial charge in [-0.2, -0.15) is 4.98 Å². The largest absolute Gasteiger partial charge is 0.366 e. The second-order valence-corrected chi connectivity index (χ2v) is 3.20. The molecule has 0 radical (unpaired) electrons. The van der Waals surface area contributed by atoms with Gasteiger partial charge in [0.2, 0.25) is 5.95 Å². The molecule has 0 bridgehead atoms. The van der Waals surface area contributed by atoms with Gasteiger partial charge in [-0.3, -0.25) is 9.98 Å². The monoisotopic (exact) mass is 200 g/mol. The summed E-state index contributed by atoms with van der Waals surface area (Å²) in [7, 11) is 0. The van der Waals surface area contributed by atoms with Crippen molar-refractivity contribution in [2.75, 3.05) is 5.73 Å². The number of hydrogen-bond acceptors (Lipinski definition) is 5. The molecule has 0 aliphatic carbocycles. The summed E-state index contributed by atoms with van der Waals surface area (Å²) in [5.74, 6) is 0.993. The summed E-state index contributed by atoms with van der Waals surface area (Å²) < 4.78 is 1.69. The van der Waals surface area contributed by atoms with E-state index < -0.39 is 0 Å². The first-order valence-electron chi connectivity index (χ1n) is 4.50. The maximum Gasteiger partial charge on any atom is 0.240 e. The number of aromatic nitrogens is 4. The first-order valence-corrected chi connectivity index (χ1v) is 4.50. The normalized spacial score (nSPS) is 13.1. The van der Waals surface area contributed by atoms with E-state index in [9.17, 15) is 0 Å². The molecule has 3 rings (SSSR count). The molecular formula is C9H8N6. The van der Waals surface area contributed by atoms with E-state index in [1.54, 1.807) is 23.3 Å². The van der Waals surface area contributed by atoms with Crippen molar-refractivity contribution in [1.29, 1.82) is 0 Å². The van der Waals surface area contributed by atoms with Crippen LogP contribution in [0.15, 0.2) is 23.5 Å². The molecule has 1 aliphatic heterocycles. The van der Waals surface area contributed by atoms with Gasteiger partial charge < -0.3 is 5.73 Å². The van der Waals surface area contributed by atoms with Crippen molar-refractivity contribution in [3.05, 3.63) is 29.8 Å². The van der Waals surface area contributed by atoms with Gasteiger partial charge in [-0.25, -0.2) is 4.68 Å². The van der Waals surface area contributed by atoms with E-state index in [0.717, 1.165) is 17.1 Å². The molecule has 0 unspecified atom stereocenters. The number of aliphatic imine (C=N–C) groups is 1. The molecule has 0 amide bonds. The highest BCUT2D eigenvalue weighted by Crippen LogP contribution is 2.16. The molecule has 0 saturated carbocycles. The molecule has 3 heterocycles. The van der Waals surface area contributed by atoms with E-state index in [0.29, 0.717) is 6.54 Å². The lowest BCUT2D eigenvalue weighted by molar-refractivity contribution is 0.796. The van der Waals surface area contributed by atoms with Gasteiger partial charge in [0.15, 0.2) is 5.82 Å². The minimum atomic E-state index is 0.261. The zero-order chi connectivity index (χ0) is 10.3. The lowest BCUT2D eigenvalue weighted by Gasteiger charge is -2.03. The van der Waals surface area contributed by atoms with Crippen LogP contribution in [0.2, 0.25) is 0 Å². The molecule has 2 aromatic rings. The van der Waals surface area contributed by atoms with Crippen molar-refractivity contribution in [3.8, 4) is 5.69 Å². The Bertz CT molecular complexity index is 541. The Morgan fingerprint density at radius 1 is 1.40 bits per heavy atom. The summed E-state index contributed by atoms with van der Waals surface area (Å²) in [4.78, 5) is 12.4. The Morgan fingerprint density at radius 3 is 3.27 bits per heavy atom. The highest BCUT2D eigenvalue weighted by Gasteiger charge is 2.14. The van der Waals surface area contributed by atoms with E-state index in [4.69, 9.17) is 5.73 Å². The molecule has 2 aromatic heterocycles. The fourth-order valence-electron chi connectivity index (χ4n) is 1.57. The minimum absolute atomic E-state index is 0.261. The number of nitrogen functional groups attached to an aromatic ring is 1. The van der Waals surface area contributed by atoms with Crippen LogP contribution in [0.25, 0.3) is 5.69 Å². The van der Waals surface area contributed by atoms with Crippen LogP contribution in [-0.2, 0) is 6.54 Å². The predicted molar refractivity (Wildman–Crippen MR) is 54.9 cm³/mol. The lowest BCUT2D eigenvalue weighted by Crippen LogP contribution is -2.03. The van der Waals surface area contributed by atoms with Gasteiger partial charge >= 0.3 is 0 Å².